The summed E-state index contributed by atoms with van der Waals surface area (Å²) in [6.45, 7) is 1.95. The number of hydrogen-bond donors (Lipinski definition) is 2. The molecule has 1 atom stereocenters. The average Bonchev–Trinajstić information content (AvgIpc) is 2.53. The summed E-state index contributed by atoms with van der Waals surface area (Å²) in [6, 6.07) is 8.68. The summed E-state index contributed by atoms with van der Waals surface area (Å²) < 4.78 is 25.3. The zero-order chi connectivity index (χ0) is 15.9. The number of carbonyl (C=O) groups is 1. The predicted molar refractivity (Wildman–Crippen MR) is 80.8 cm³/mol. The minimum Gasteiger partial charge on any atom is -0.331 e. The van der Waals surface area contributed by atoms with Crippen LogP contribution in [0.1, 0.15) is 36.9 Å². The van der Waals surface area contributed by atoms with Crippen molar-refractivity contribution in [3.8, 4) is 0 Å². The molecular formula is C16H17F2N3O. The topological polar surface area (TPSA) is 54.0 Å². The van der Waals surface area contributed by atoms with Gasteiger partial charge in [0.1, 0.15) is 0 Å². The van der Waals surface area contributed by atoms with Gasteiger partial charge in [0.25, 0.3) is 6.43 Å². The third-order valence-electron chi connectivity index (χ3n) is 3.22. The molecule has 1 aromatic carbocycles. The quantitative estimate of drug-likeness (QED) is 0.865. The highest BCUT2D eigenvalue weighted by Gasteiger charge is 2.13. The number of hydrogen-bond acceptors (Lipinski definition) is 2. The fourth-order valence-corrected chi connectivity index (χ4v) is 2.09. The third kappa shape index (κ3) is 4.25. The number of pyridine rings is 1. The highest BCUT2D eigenvalue weighted by molar-refractivity contribution is 5.89. The SMILES string of the molecule is CCC(NC(=O)Nc1cccc(C(F)F)c1)c1ccncc1. The summed E-state index contributed by atoms with van der Waals surface area (Å²) in [7, 11) is 0. The standard InChI is InChI=1S/C16H17F2N3O/c1-2-14(11-6-8-19-9-7-11)21-16(22)20-13-5-3-4-12(10-13)15(17)18/h3-10,14-15H,2H2,1H3,(H2,20,21,22). The summed E-state index contributed by atoms with van der Waals surface area (Å²) in [5.74, 6) is 0. The first-order valence-electron chi connectivity index (χ1n) is 6.95. The van der Waals surface area contributed by atoms with E-state index in [1.165, 1.54) is 18.2 Å². The van der Waals surface area contributed by atoms with E-state index < -0.39 is 12.5 Å². The molecule has 0 aliphatic rings. The van der Waals surface area contributed by atoms with Crippen molar-refractivity contribution in [3.63, 3.8) is 0 Å². The van der Waals surface area contributed by atoms with E-state index >= 15 is 0 Å². The first kappa shape index (κ1) is 15.9. The van der Waals surface area contributed by atoms with Crippen molar-refractivity contribution >= 4 is 11.7 Å². The lowest BCUT2D eigenvalue weighted by Crippen LogP contribution is -2.32. The molecule has 6 heteroatoms. The van der Waals surface area contributed by atoms with E-state index in [1.807, 2.05) is 19.1 Å². The van der Waals surface area contributed by atoms with Crippen LogP contribution in [0.4, 0.5) is 19.3 Å². The number of nitrogens with zero attached hydrogens (tertiary/aromatic N) is 1. The van der Waals surface area contributed by atoms with E-state index in [-0.39, 0.29) is 11.6 Å². The number of rotatable bonds is 5. The Kier molecular flexibility index (Phi) is 5.41. The molecule has 1 heterocycles. The average molecular weight is 305 g/mol. The van der Waals surface area contributed by atoms with Crippen LogP contribution in [0.3, 0.4) is 0 Å². The molecule has 116 valence electrons. The molecule has 1 unspecified atom stereocenters. The van der Waals surface area contributed by atoms with Crippen LogP contribution in [0, 0.1) is 0 Å². The van der Waals surface area contributed by atoms with Gasteiger partial charge in [0.2, 0.25) is 0 Å². The maximum Gasteiger partial charge on any atom is 0.319 e. The van der Waals surface area contributed by atoms with Crippen molar-refractivity contribution in [1.82, 2.24) is 10.3 Å². The van der Waals surface area contributed by atoms with Crippen LogP contribution >= 0.6 is 0 Å². The molecule has 22 heavy (non-hydrogen) atoms. The molecule has 0 bridgehead atoms. The van der Waals surface area contributed by atoms with Gasteiger partial charge >= 0.3 is 6.03 Å². The highest BCUT2D eigenvalue weighted by Crippen LogP contribution is 2.22. The first-order valence-corrected chi connectivity index (χ1v) is 6.95. The van der Waals surface area contributed by atoms with Crippen LogP contribution < -0.4 is 10.6 Å². The largest absolute Gasteiger partial charge is 0.331 e. The second-order valence-electron chi connectivity index (χ2n) is 4.77. The van der Waals surface area contributed by atoms with Gasteiger partial charge in [-0.05, 0) is 36.2 Å². The Balaban J connectivity index is 2.01. The summed E-state index contributed by atoms with van der Waals surface area (Å²) in [6.07, 6.45) is 1.45. The normalized spacial score (nSPS) is 12.0. The lowest BCUT2D eigenvalue weighted by molar-refractivity contribution is 0.151. The number of amides is 2. The van der Waals surface area contributed by atoms with Crippen LogP contribution in [0.15, 0.2) is 48.8 Å². The number of halogens is 2. The number of anilines is 1. The van der Waals surface area contributed by atoms with Gasteiger partial charge in [-0.1, -0.05) is 19.1 Å². The molecule has 0 saturated heterocycles. The maximum absolute atomic E-state index is 12.6. The Hall–Kier alpha value is -2.50. The Labute approximate surface area is 127 Å². The maximum atomic E-state index is 12.6. The summed E-state index contributed by atoms with van der Waals surface area (Å²) in [4.78, 5) is 15.9. The smallest absolute Gasteiger partial charge is 0.319 e. The zero-order valence-electron chi connectivity index (χ0n) is 12.1. The van der Waals surface area contributed by atoms with Crippen molar-refractivity contribution < 1.29 is 13.6 Å². The molecule has 0 fully saturated rings. The molecule has 0 aliphatic carbocycles. The van der Waals surface area contributed by atoms with E-state index in [0.717, 1.165) is 5.56 Å². The van der Waals surface area contributed by atoms with Gasteiger partial charge in [0, 0.05) is 23.6 Å². The predicted octanol–water partition coefficient (Wildman–Crippen LogP) is 4.29. The molecule has 2 rings (SSSR count). The van der Waals surface area contributed by atoms with E-state index in [1.54, 1.807) is 18.5 Å². The third-order valence-corrected chi connectivity index (χ3v) is 3.22. The molecule has 0 spiro atoms. The number of alkyl halides is 2. The number of nitrogens with one attached hydrogen (secondary N) is 2. The summed E-state index contributed by atoms with van der Waals surface area (Å²) in [5.41, 5.74) is 1.15. The molecule has 2 amide bonds. The van der Waals surface area contributed by atoms with Gasteiger partial charge in [-0.15, -0.1) is 0 Å². The van der Waals surface area contributed by atoms with Crippen LogP contribution in [-0.4, -0.2) is 11.0 Å². The van der Waals surface area contributed by atoms with Gasteiger partial charge in [-0.3, -0.25) is 4.98 Å². The molecule has 0 saturated carbocycles. The Morgan fingerprint density at radius 1 is 1.18 bits per heavy atom. The van der Waals surface area contributed by atoms with Gasteiger partial charge in [-0.2, -0.15) is 0 Å². The number of benzene rings is 1. The number of aromatic nitrogens is 1. The minimum atomic E-state index is -2.56. The van der Waals surface area contributed by atoms with Crippen molar-refractivity contribution in [1.29, 1.82) is 0 Å². The minimum absolute atomic E-state index is 0.126. The lowest BCUT2D eigenvalue weighted by Gasteiger charge is -2.18. The van der Waals surface area contributed by atoms with Crippen molar-refractivity contribution in [3.05, 3.63) is 59.9 Å². The van der Waals surface area contributed by atoms with E-state index in [0.29, 0.717) is 12.1 Å². The van der Waals surface area contributed by atoms with Gasteiger partial charge < -0.3 is 10.6 Å². The Morgan fingerprint density at radius 3 is 2.55 bits per heavy atom. The number of carbonyl (C=O) groups excluding carboxylic acids is 1. The lowest BCUT2D eigenvalue weighted by atomic mass is 10.1. The second kappa shape index (κ2) is 7.49. The van der Waals surface area contributed by atoms with Crippen molar-refractivity contribution in [2.75, 3.05) is 5.32 Å². The molecule has 2 N–H and O–H groups in total. The Morgan fingerprint density at radius 2 is 1.91 bits per heavy atom. The fraction of sp³-hybridized carbons (Fsp3) is 0.250. The van der Waals surface area contributed by atoms with Crippen LogP contribution in [0.5, 0.6) is 0 Å². The molecule has 0 radical (unpaired) electrons. The monoisotopic (exact) mass is 305 g/mol. The van der Waals surface area contributed by atoms with E-state index in [9.17, 15) is 13.6 Å². The summed E-state index contributed by atoms with van der Waals surface area (Å²) >= 11 is 0. The van der Waals surface area contributed by atoms with Gasteiger partial charge in [0.15, 0.2) is 0 Å². The first-order chi connectivity index (χ1) is 10.6. The van der Waals surface area contributed by atoms with Gasteiger partial charge in [0.05, 0.1) is 6.04 Å². The van der Waals surface area contributed by atoms with Crippen LogP contribution in [0.2, 0.25) is 0 Å². The van der Waals surface area contributed by atoms with E-state index in [2.05, 4.69) is 15.6 Å². The van der Waals surface area contributed by atoms with Crippen LogP contribution in [0.25, 0.3) is 0 Å². The molecule has 2 aromatic rings. The fourth-order valence-electron chi connectivity index (χ4n) is 2.09. The van der Waals surface area contributed by atoms with Crippen molar-refractivity contribution in [2.24, 2.45) is 0 Å². The van der Waals surface area contributed by atoms with E-state index in [4.69, 9.17) is 0 Å². The molecule has 1 aromatic heterocycles. The number of urea groups is 1. The van der Waals surface area contributed by atoms with Crippen LogP contribution in [-0.2, 0) is 0 Å². The molecule has 0 aliphatic heterocycles. The Bertz CT molecular complexity index is 620. The second-order valence-corrected chi connectivity index (χ2v) is 4.77. The summed E-state index contributed by atoms with van der Waals surface area (Å²) in [5, 5.41) is 5.39. The molecular weight excluding hydrogens is 288 g/mol. The van der Waals surface area contributed by atoms with Crippen molar-refractivity contribution in [2.45, 2.75) is 25.8 Å². The highest BCUT2D eigenvalue weighted by atomic mass is 19.3. The van der Waals surface area contributed by atoms with Gasteiger partial charge in [-0.25, -0.2) is 13.6 Å². The molecule has 4 nitrogen and oxygen atoms in total. The zero-order valence-corrected chi connectivity index (χ0v) is 12.1.